The van der Waals surface area contributed by atoms with E-state index in [1.54, 1.807) is 4.90 Å². The van der Waals surface area contributed by atoms with Crippen LogP contribution in [0.3, 0.4) is 0 Å². The standard InChI is InChI=1S/C16H22N2O3/c1-2-12-4-6-14(7-5-12)18-11-13(10-15(18)20)16(21)17-8-3-9-19/h4-7,13,19H,2-3,8-11H2,1H3,(H,17,21). The van der Waals surface area contributed by atoms with Crippen LogP contribution in [0.15, 0.2) is 24.3 Å². The number of benzene rings is 1. The lowest BCUT2D eigenvalue weighted by molar-refractivity contribution is -0.126. The predicted octanol–water partition coefficient (Wildman–Crippen LogP) is 1.10. The number of hydrogen-bond acceptors (Lipinski definition) is 3. The van der Waals surface area contributed by atoms with Crippen molar-refractivity contribution in [3.63, 3.8) is 0 Å². The average molecular weight is 290 g/mol. The van der Waals surface area contributed by atoms with Crippen LogP contribution in [-0.4, -0.2) is 36.6 Å². The number of rotatable bonds is 6. The van der Waals surface area contributed by atoms with Crippen LogP contribution >= 0.6 is 0 Å². The Hall–Kier alpha value is -1.88. The van der Waals surface area contributed by atoms with Gasteiger partial charge in [0.2, 0.25) is 11.8 Å². The fraction of sp³-hybridized carbons (Fsp3) is 0.500. The van der Waals surface area contributed by atoms with Crippen molar-refractivity contribution in [2.45, 2.75) is 26.2 Å². The summed E-state index contributed by atoms with van der Waals surface area (Å²) in [6.45, 7) is 3.02. The molecule has 1 heterocycles. The molecule has 1 fully saturated rings. The monoisotopic (exact) mass is 290 g/mol. The van der Waals surface area contributed by atoms with Crippen molar-refractivity contribution in [2.75, 3.05) is 24.6 Å². The topological polar surface area (TPSA) is 69.6 Å². The molecule has 5 nitrogen and oxygen atoms in total. The first-order chi connectivity index (χ1) is 10.2. The summed E-state index contributed by atoms with van der Waals surface area (Å²) in [7, 11) is 0. The molecule has 0 aliphatic carbocycles. The summed E-state index contributed by atoms with van der Waals surface area (Å²) in [6.07, 6.45) is 1.75. The summed E-state index contributed by atoms with van der Waals surface area (Å²) in [5.41, 5.74) is 2.08. The lowest BCUT2D eigenvalue weighted by Crippen LogP contribution is -2.33. The van der Waals surface area contributed by atoms with Crippen molar-refractivity contribution >= 4 is 17.5 Å². The van der Waals surface area contributed by atoms with Crippen molar-refractivity contribution in [1.82, 2.24) is 5.32 Å². The highest BCUT2D eigenvalue weighted by molar-refractivity contribution is 6.00. The summed E-state index contributed by atoms with van der Waals surface area (Å²) >= 11 is 0. The molecule has 0 saturated carbocycles. The third-order valence-electron chi connectivity index (χ3n) is 3.79. The molecule has 1 saturated heterocycles. The van der Waals surface area contributed by atoms with Gasteiger partial charge >= 0.3 is 0 Å². The van der Waals surface area contributed by atoms with E-state index in [9.17, 15) is 9.59 Å². The maximum absolute atomic E-state index is 12.1. The Morgan fingerprint density at radius 1 is 1.38 bits per heavy atom. The molecule has 1 aliphatic rings. The zero-order valence-corrected chi connectivity index (χ0v) is 12.3. The number of hydrogen-bond donors (Lipinski definition) is 2. The van der Waals surface area contributed by atoms with E-state index in [4.69, 9.17) is 5.11 Å². The van der Waals surface area contributed by atoms with Crippen molar-refractivity contribution in [3.8, 4) is 0 Å². The maximum Gasteiger partial charge on any atom is 0.227 e. The molecule has 0 radical (unpaired) electrons. The fourth-order valence-corrected chi connectivity index (χ4v) is 2.48. The van der Waals surface area contributed by atoms with E-state index in [0.29, 0.717) is 19.5 Å². The van der Waals surface area contributed by atoms with Crippen molar-refractivity contribution < 1.29 is 14.7 Å². The van der Waals surface area contributed by atoms with Gasteiger partial charge in [0.25, 0.3) is 0 Å². The Balaban J connectivity index is 1.96. The minimum Gasteiger partial charge on any atom is -0.396 e. The van der Waals surface area contributed by atoms with E-state index < -0.39 is 0 Å². The zero-order valence-electron chi connectivity index (χ0n) is 12.3. The maximum atomic E-state index is 12.1. The largest absolute Gasteiger partial charge is 0.396 e. The molecule has 5 heteroatoms. The van der Waals surface area contributed by atoms with Crippen LogP contribution in [0.5, 0.6) is 0 Å². The first kappa shape index (κ1) is 15.5. The lowest BCUT2D eigenvalue weighted by Gasteiger charge is -2.17. The number of nitrogens with one attached hydrogen (secondary N) is 1. The SMILES string of the molecule is CCc1ccc(N2CC(C(=O)NCCCO)CC2=O)cc1. The summed E-state index contributed by atoms with van der Waals surface area (Å²) in [6, 6.07) is 7.89. The van der Waals surface area contributed by atoms with Gasteiger partial charge in [0.1, 0.15) is 0 Å². The third kappa shape index (κ3) is 3.82. The van der Waals surface area contributed by atoms with Crippen LogP contribution in [0.2, 0.25) is 0 Å². The average Bonchev–Trinajstić information content (AvgIpc) is 2.89. The second-order valence-corrected chi connectivity index (χ2v) is 5.29. The summed E-state index contributed by atoms with van der Waals surface area (Å²) in [5, 5.41) is 11.5. The van der Waals surface area contributed by atoms with Gasteiger partial charge in [0.15, 0.2) is 0 Å². The molecule has 21 heavy (non-hydrogen) atoms. The Labute approximate surface area is 125 Å². The Morgan fingerprint density at radius 3 is 2.71 bits per heavy atom. The van der Waals surface area contributed by atoms with E-state index in [0.717, 1.165) is 12.1 Å². The van der Waals surface area contributed by atoms with Gasteiger partial charge in [-0.1, -0.05) is 19.1 Å². The molecular weight excluding hydrogens is 268 g/mol. The minimum atomic E-state index is -0.304. The number of carbonyl (C=O) groups excluding carboxylic acids is 2. The molecule has 1 unspecified atom stereocenters. The van der Waals surface area contributed by atoms with Gasteiger partial charge in [-0.2, -0.15) is 0 Å². The van der Waals surface area contributed by atoms with Crippen molar-refractivity contribution in [2.24, 2.45) is 5.92 Å². The van der Waals surface area contributed by atoms with Gasteiger partial charge < -0.3 is 15.3 Å². The molecule has 1 aromatic rings. The van der Waals surface area contributed by atoms with Gasteiger partial charge in [0, 0.05) is 31.8 Å². The Morgan fingerprint density at radius 2 is 2.10 bits per heavy atom. The lowest BCUT2D eigenvalue weighted by atomic mass is 10.1. The van der Waals surface area contributed by atoms with Crippen molar-refractivity contribution in [3.05, 3.63) is 29.8 Å². The van der Waals surface area contributed by atoms with Gasteiger partial charge in [-0.25, -0.2) is 0 Å². The molecule has 0 bridgehead atoms. The molecule has 0 aromatic heterocycles. The predicted molar refractivity (Wildman–Crippen MR) is 81.0 cm³/mol. The number of anilines is 1. The van der Waals surface area contributed by atoms with Crippen LogP contribution in [0, 0.1) is 5.92 Å². The number of nitrogens with zero attached hydrogens (tertiary/aromatic N) is 1. The summed E-state index contributed by atoms with van der Waals surface area (Å²) in [4.78, 5) is 25.7. The number of amides is 2. The molecule has 1 atom stereocenters. The number of carbonyl (C=O) groups is 2. The minimum absolute atomic E-state index is 0.0124. The first-order valence-corrected chi connectivity index (χ1v) is 7.43. The normalized spacial score (nSPS) is 18.1. The highest BCUT2D eigenvalue weighted by Gasteiger charge is 2.34. The van der Waals surface area contributed by atoms with E-state index >= 15 is 0 Å². The van der Waals surface area contributed by atoms with Gasteiger partial charge in [-0.3, -0.25) is 9.59 Å². The molecule has 114 valence electrons. The van der Waals surface area contributed by atoms with Gasteiger partial charge in [-0.15, -0.1) is 0 Å². The second kappa shape index (κ2) is 7.22. The van der Waals surface area contributed by atoms with E-state index in [-0.39, 0.29) is 30.8 Å². The fourth-order valence-electron chi connectivity index (χ4n) is 2.48. The Kier molecular flexibility index (Phi) is 5.33. The van der Waals surface area contributed by atoms with Crippen LogP contribution in [0.25, 0.3) is 0 Å². The molecule has 0 spiro atoms. The summed E-state index contributed by atoms with van der Waals surface area (Å²) in [5.74, 6) is -0.423. The third-order valence-corrected chi connectivity index (χ3v) is 3.79. The highest BCUT2D eigenvalue weighted by atomic mass is 16.3. The molecular formula is C16H22N2O3. The summed E-state index contributed by atoms with van der Waals surface area (Å²) < 4.78 is 0. The van der Waals surface area contributed by atoms with Crippen molar-refractivity contribution in [1.29, 1.82) is 0 Å². The van der Waals surface area contributed by atoms with Gasteiger partial charge in [-0.05, 0) is 30.5 Å². The first-order valence-electron chi connectivity index (χ1n) is 7.43. The van der Waals surface area contributed by atoms with Crippen LogP contribution in [-0.2, 0) is 16.0 Å². The molecule has 2 N–H and O–H groups in total. The number of aliphatic hydroxyl groups is 1. The molecule has 2 rings (SSSR count). The molecule has 2 amide bonds. The number of aryl methyl sites for hydroxylation is 1. The smallest absolute Gasteiger partial charge is 0.227 e. The molecule has 1 aliphatic heterocycles. The van der Waals surface area contributed by atoms with Gasteiger partial charge in [0.05, 0.1) is 5.92 Å². The quantitative estimate of drug-likeness (QED) is 0.771. The second-order valence-electron chi connectivity index (χ2n) is 5.29. The van der Waals surface area contributed by atoms with Crippen LogP contribution in [0.1, 0.15) is 25.3 Å². The zero-order chi connectivity index (χ0) is 15.2. The number of aliphatic hydroxyl groups excluding tert-OH is 1. The van der Waals surface area contributed by atoms with Crippen LogP contribution < -0.4 is 10.2 Å². The molecule has 1 aromatic carbocycles. The van der Waals surface area contributed by atoms with E-state index in [2.05, 4.69) is 12.2 Å². The van der Waals surface area contributed by atoms with Crippen LogP contribution in [0.4, 0.5) is 5.69 Å². The van der Waals surface area contributed by atoms with E-state index in [1.807, 2.05) is 24.3 Å². The Bertz CT molecular complexity index is 499. The van der Waals surface area contributed by atoms with E-state index in [1.165, 1.54) is 5.56 Å². The highest BCUT2D eigenvalue weighted by Crippen LogP contribution is 2.25.